The van der Waals surface area contributed by atoms with Crippen molar-refractivity contribution < 1.29 is 4.74 Å². The van der Waals surface area contributed by atoms with Crippen LogP contribution in [0.5, 0.6) is 0 Å². The number of aryl methyl sites for hydroxylation is 2. The minimum Gasteiger partial charge on any atom is -0.378 e. The minimum atomic E-state index is 0.494. The molecule has 1 aliphatic carbocycles. The second-order valence-corrected chi connectivity index (χ2v) is 6.59. The molecule has 3 nitrogen and oxygen atoms in total. The zero-order chi connectivity index (χ0) is 15.8. The smallest absolute Gasteiger partial charge is 0.170 e. The maximum Gasteiger partial charge on any atom is 0.170 e. The highest BCUT2D eigenvalue weighted by Crippen LogP contribution is 2.20. The summed E-state index contributed by atoms with van der Waals surface area (Å²) in [6, 6.07) is 6.32. The highest BCUT2D eigenvalue weighted by molar-refractivity contribution is 7.80. The molecule has 0 amide bonds. The van der Waals surface area contributed by atoms with Crippen molar-refractivity contribution >= 4 is 23.0 Å². The van der Waals surface area contributed by atoms with Gasteiger partial charge in [-0.25, -0.2) is 0 Å². The van der Waals surface area contributed by atoms with Crippen molar-refractivity contribution in [3.63, 3.8) is 0 Å². The molecular formula is C18H28N2OS. The van der Waals surface area contributed by atoms with E-state index in [1.165, 1.54) is 43.2 Å². The van der Waals surface area contributed by atoms with E-state index in [-0.39, 0.29) is 0 Å². The molecule has 4 heteroatoms. The summed E-state index contributed by atoms with van der Waals surface area (Å²) >= 11 is 5.34. The predicted octanol–water partition coefficient (Wildman–Crippen LogP) is 4.33. The summed E-state index contributed by atoms with van der Waals surface area (Å²) in [5.41, 5.74) is 3.55. The van der Waals surface area contributed by atoms with Crippen molar-refractivity contribution in [2.45, 2.75) is 58.5 Å². The second-order valence-electron chi connectivity index (χ2n) is 6.18. The molecule has 2 N–H and O–H groups in total. The van der Waals surface area contributed by atoms with Gasteiger partial charge in [0, 0.05) is 18.8 Å². The normalized spacial score (nSPS) is 15.5. The summed E-state index contributed by atoms with van der Waals surface area (Å²) in [4.78, 5) is 0. The number of ether oxygens (including phenoxy) is 1. The van der Waals surface area contributed by atoms with Crippen LogP contribution in [0.15, 0.2) is 18.2 Å². The van der Waals surface area contributed by atoms with Crippen LogP contribution in [0.2, 0.25) is 0 Å². The lowest BCUT2D eigenvalue weighted by Crippen LogP contribution is -2.30. The fourth-order valence-corrected chi connectivity index (χ4v) is 3.09. The molecule has 1 saturated carbocycles. The molecule has 0 aromatic heterocycles. The van der Waals surface area contributed by atoms with Crippen molar-refractivity contribution in [2.75, 3.05) is 18.5 Å². The SMILES string of the molecule is Cc1ccc(NC(=S)NCCCOC2CCCCC2)c(C)c1. The van der Waals surface area contributed by atoms with Gasteiger partial charge in [0.15, 0.2) is 5.11 Å². The molecule has 0 heterocycles. The summed E-state index contributed by atoms with van der Waals surface area (Å²) in [6.07, 6.45) is 7.99. The van der Waals surface area contributed by atoms with E-state index in [9.17, 15) is 0 Å². The van der Waals surface area contributed by atoms with Crippen molar-refractivity contribution in [2.24, 2.45) is 0 Å². The lowest BCUT2D eigenvalue weighted by Gasteiger charge is -2.22. The topological polar surface area (TPSA) is 33.3 Å². The second kappa shape index (κ2) is 9.11. The summed E-state index contributed by atoms with van der Waals surface area (Å²) in [7, 11) is 0. The Morgan fingerprint density at radius 1 is 1.23 bits per heavy atom. The fraction of sp³-hybridized carbons (Fsp3) is 0.611. The number of hydrogen-bond acceptors (Lipinski definition) is 2. The number of benzene rings is 1. The maximum atomic E-state index is 5.91. The molecule has 0 unspecified atom stereocenters. The minimum absolute atomic E-state index is 0.494. The number of thiocarbonyl (C=S) groups is 1. The molecule has 1 aromatic rings. The van der Waals surface area contributed by atoms with Crippen molar-refractivity contribution in [1.82, 2.24) is 5.32 Å². The molecule has 0 radical (unpaired) electrons. The van der Waals surface area contributed by atoms with E-state index in [0.29, 0.717) is 11.2 Å². The molecule has 1 fully saturated rings. The molecule has 1 aromatic carbocycles. The highest BCUT2D eigenvalue weighted by Gasteiger charge is 2.12. The standard InChI is InChI=1S/C18H28N2OS/c1-14-9-10-17(15(2)13-14)20-18(22)19-11-6-12-21-16-7-4-3-5-8-16/h9-10,13,16H,3-8,11-12H2,1-2H3,(H2,19,20,22). The van der Waals surface area contributed by atoms with Crippen molar-refractivity contribution in [3.8, 4) is 0 Å². The Bertz CT molecular complexity index is 484. The van der Waals surface area contributed by atoms with Crippen LogP contribution in [-0.2, 0) is 4.74 Å². The van der Waals surface area contributed by atoms with Gasteiger partial charge in [0.2, 0.25) is 0 Å². The molecule has 122 valence electrons. The molecule has 22 heavy (non-hydrogen) atoms. The highest BCUT2D eigenvalue weighted by atomic mass is 32.1. The van der Waals surface area contributed by atoms with Gasteiger partial charge in [0.1, 0.15) is 0 Å². The van der Waals surface area contributed by atoms with Gasteiger partial charge in [-0.2, -0.15) is 0 Å². The van der Waals surface area contributed by atoms with Crippen LogP contribution in [0.1, 0.15) is 49.7 Å². The monoisotopic (exact) mass is 320 g/mol. The number of hydrogen-bond donors (Lipinski definition) is 2. The Morgan fingerprint density at radius 3 is 2.73 bits per heavy atom. The molecule has 0 spiro atoms. The molecule has 1 aliphatic rings. The Kier molecular flexibility index (Phi) is 7.13. The van der Waals surface area contributed by atoms with Gasteiger partial charge in [0.05, 0.1) is 6.10 Å². The van der Waals surface area contributed by atoms with Crippen LogP contribution >= 0.6 is 12.2 Å². The molecule has 0 saturated heterocycles. The van der Waals surface area contributed by atoms with Gasteiger partial charge < -0.3 is 15.4 Å². The van der Waals surface area contributed by atoms with Crippen LogP contribution < -0.4 is 10.6 Å². The van der Waals surface area contributed by atoms with Gasteiger partial charge in [0.25, 0.3) is 0 Å². The van der Waals surface area contributed by atoms with E-state index in [0.717, 1.165) is 25.3 Å². The predicted molar refractivity (Wildman–Crippen MR) is 97.6 cm³/mol. The van der Waals surface area contributed by atoms with E-state index < -0.39 is 0 Å². The van der Waals surface area contributed by atoms with Crippen LogP contribution in [0.3, 0.4) is 0 Å². The first-order valence-electron chi connectivity index (χ1n) is 8.39. The van der Waals surface area contributed by atoms with Crippen molar-refractivity contribution in [3.05, 3.63) is 29.3 Å². The summed E-state index contributed by atoms with van der Waals surface area (Å²) in [5, 5.41) is 7.19. The van der Waals surface area contributed by atoms with E-state index >= 15 is 0 Å². The summed E-state index contributed by atoms with van der Waals surface area (Å²) in [5.74, 6) is 0. The lowest BCUT2D eigenvalue weighted by molar-refractivity contribution is 0.0277. The first kappa shape index (κ1) is 17.2. The van der Waals surface area contributed by atoms with Crippen LogP contribution in [0, 0.1) is 13.8 Å². The van der Waals surface area contributed by atoms with E-state index in [2.05, 4.69) is 42.7 Å². The molecule has 0 atom stereocenters. The van der Waals surface area contributed by atoms with Crippen molar-refractivity contribution in [1.29, 1.82) is 0 Å². The zero-order valence-electron chi connectivity index (χ0n) is 13.8. The number of rotatable bonds is 6. The number of anilines is 1. The summed E-state index contributed by atoms with van der Waals surface area (Å²) < 4.78 is 5.91. The summed E-state index contributed by atoms with van der Waals surface area (Å²) in [6.45, 7) is 5.86. The molecular weight excluding hydrogens is 292 g/mol. The fourth-order valence-electron chi connectivity index (χ4n) is 2.88. The van der Waals surface area contributed by atoms with E-state index in [4.69, 9.17) is 17.0 Å². The van der Waals surface area contributed by atoms with E-state index in [1.807, 2.05) is 0 Å². The number of nitrogens with one attached hydrogen (secondary N) is 2. The quantitative estimate of drug-likeness (QED) is 0.604. The van der Waals surface area contributed by atoms with Gasteiger partial charge in [-0.15, -0.1) is 0 Å². The average Bonchev–Trinajstić information content (AvgIpc) is 2.51. The lowest BCUT2D eigenvalue weighted by atomic mass is 9.98. The van der Waals surface area contributed by atoms with Gasteiger partial charge >= 0.3 is 0 Å². The third kappa shape index (κ3) is 5.93. The Morgan fingerprint density at radius 2 is 2.00 bits per heavy atom. The molecule has 0 aliphatic heterocycles. The van der Waals surface area contributed by atoms with Gasteiger partial charge in [-0.1, -0.05) is 37.0 Å². The Balaban J connectivity index is 1.59. The van der Waals surface area contributed by atoms with Crippen LogP contribution in [0.25, 0.3) is 0 Å². The molecule has 2 rings (SSSR count). The third-order valence-corrected chi connectivity index (χ3v) is 4.39. The van der Waals surface area contributed by atoms with E-state index in [1.54, 1.807) is 0 Å². The van der Waals surface area contributed by atoms with Gasteiger partial charge in [-0.3, -0.25) is 0 Å². The van der Waals surface area contributed by atoms with Crippen LogP contribution in [0.4, 0.5) is 5.69 Å². The first-order valence-corrected chi connectivity index (χ1v) is 8.79. The molecule has 0 bridgehead atoms. The van der Waals surface area contributed by atoms with Crippen LogP contribution in [-0.4, -0.2) is 24.4 Å². The maximum absolute atomic E-state index is 5.91. The third-order valence-electron chi connectivity index (χ3n) is 4.14. The Hall–Kier alpha value is -1.13. The van der Waals surface area contributed by atoms with Gasteiger partial charge in [-0.05, 0) is 57.0 Å². The Labute approximate surface area is 139 Å². The average molecular weight is 321 g/mol. The largest absolute Gasteiger partial charge is 0.378 e. The first-order chi connectivity index (χ1) is 10.6. The zero-order valence-corrected chi connectivity index (χ0v) is 14.6.